The van der Waals surface area contributed by atoms with Gasteiger partial charge in [-0.25, -0.2) is 4.98 Å². The molecule has 106 valence electrons. The van der Waals surface area contributed by atoms with E-state index in [0.29, 0.717) is 5.92 Å². The Morgan fingerprint density at radius 3 is 2.52 bits per heavy atom. The minimum Gasteiger partial charge on any atom is -0.250 e. The molecule has 3 heteroatoms. The summed E-state index contributed by atoms with van der Waals surface area (Å²) in [5, 5.41) is 10.2. The standard InChI is InChI=1S/C18H18N2S/c1-18(2)15(10-19)17(18)14-8-9-16(20-11-14)21-12-13-6-4-3-5-7-13/h3-9,11,15,17H,12H2,1-2H3/t15-,17-/m0/s1. The normalized spacial score (nSPS) is 22.5. The van der Waals surface area contributed by atoms with Crippen LogP contribution >= 0.6 is 11.8 Å². The van der Waals surface area contributed by atoms with Crippen molar-refractivity contribution in [1.29, 1.82) is 5.26 Å². The van der Waals surface area contributed by atoms with Crippen molar-refractivity contribution in [2.45, 2.75) is 30.5 Å². The quantitative estimate of drug-likeness (QED) is 0.771. The van der Waals surface area contributed by atoms with Crippen LogP contribution in [0.1, 0.15) is 30.9 Å². The van der Waals surface area contributed by atoms with E-state index in [1.807, 2.05) is 12.3 Å². The molecule has 1 aromatic carbocycles. The molecule has 0 spiro atoms. The summed E-state index contributed by atoms with van der Waals surface area (Å²) in [6, 6.07) is 17.0. The van der Waals surface area contributed by atoms with E-state index in [4.69, 9.17) is 5.26 Å². The average Bonchev–Trinajstić information content (AvgIpc) is 3.08. The fourth-order valence-electron chi connectivity index (χ4n) is 2.89. The lowest BCUT2D eigenvalue weighted by Gasteiger charge is -2.05. The second-order valence-corrected chi connectivity index (χ2v) is 7.11. The molecule has 1 aliphatic rings. The molecule has 0 N–H and O–H groups in total. The molecule has 1 saturated carbocycles. The molecule has 0 unspecified atom stereocenters. The van der Waals surface area contributed by atoms with Crippen LogP contribution in [0.5, 0.6) is 0 Å². The fraction of sp³-hybridized carbons (Fsp3) is 0.333. The highest BCUT2D eigenvalue weighted by molar-refractivity contribution is 7.98. The van der Waals surface area contributed by atoms with Gasteiger partial charge in [0, 0.05) is 17.9 Å². The van der Waals surface area contributed by atoms with E-state index in [2.05, 4.69) is 61.3 Å². The molecule has 0 aliphatic heterocycles. The SMILES string of the molecule is CC1(C)[C@@H](C#N)[C@@H]1c1ccc(SCc2ccccc2)nc1. The summed E-state index contributed by atoms with van der Waals surface area (Å²) in [5.74, 6) is 1.40. The second-order valence-electron chi connectivity index (χ2n) is 6.11. The van der Waals surface area contributed by atoms with Crippen molar-refractivity contribution < 1.29 is 0 Å². The van der Waals surface area contributed by atoms with Crippen molar-refractivity contribution in [3.05, 3.63) is 59.8 Å². The molecule has 2 nitrogen and oxygen atoms in total. The number of nitrogens with zero attached hydrogens (tertiary/aromatic N) is 2. The predicted octanol–water partition coefficient (Wildman–Crippen LogP) is 4.64. The summed E-state index contributed by atoms with van der Waals surface area (Å²) in [5.41, 5.74) is 2.59. The number of hydrogen-bond donors (Lipinski definition) is 0. The molecule has 2 atom stereocenters. The monoisotopic (exact) mass is 294 g/mol. The molecule has 1 fully saturated rings. The van der Waals surface area contributed by atoms with Gasteiger partial charge in [0.1, 0.15) is 0 Å². The summed E-state index contributed by atoms with van der Waals surface area (Å²) in [6.45, 7) is 4.31. The molecule has 1 heterocycles. The summed E-state index contributed by atoms with van der Waals surface area (Å²) >= 11 is 1.74. The van der Waals surface area contributed by atoms with E-state index in [-0.39, 0.29) is 11.3 Å². The van der Waals surface area contributed by atoms with E-state index >= 15 is 0 Å². The first-order valence-electron chi connectivity index (χ1n) is 7.15. The Morgan fingerprint density at radius 2 is 1.95 bits per heavy atom. The Labute approximate surface area is 130 Å². The molecule has 1 aliphatic carbocycles. The van der Waals surface area contributed by atoms with Gasteiger partial charge in [0.25, 0.3) is 0 Å². The Hall–Kier alpha value is -1.79. The van der Waals surface area contributed by atoms with Crippen molar-refractivity contribution in [3.8, 4) is 6.07 Å². The second kappa shape index (κ2) is 5.54. The highest BCUT2D eigenvalue weighted by Crippen LogP contribution is 2.63. The van der Waals surface area contributed by atoms with E-state index in [9.17, 15) is 0 Å². The minimum atomic E-state index is 0.0924. The van der Waals surface area contributed by atoms with E-state index < -0.39 is 0 Å². The molecular formula is C18H18N2S. The number of rotatable bonds is 4. The number of thioether (sulfide) groups is 1. The molecule has 0 bridgehead atoms. The summed E-state index contributed by atoms with van der Waals surface area (Å²) in [6.07, 6.45) is 1.94. The Bertz CT molecular complexity index is 656. The zero-order valence-corrected chi connectivity index (χ0v) is 13.1. The lowest BCUT2D eigenvalue weighted by molar-refractivity contribution is 0.596. The number of hydrogen-bond acceptors (Lipinski definition) is 3. The largest absolute Gasteiger partial charge is 0.250 e. The highest BCUT2D eigenvalue weighted by atomic mass is 32.2. The number of aromatic nitrogens is 1. The predicted molar refractivity (Wildman–Crippen MR) is 85.9 cm³/mol. The van der Waals surface area contributed by atoms with Crippen LogP contribution in [0.4, 0.5) is 0 Å². The van der Waals surface area contributed by atoms with Gasteiger partial charge in [0.2, 0.25) is 0 Å². The van der Waals surface area contributed by atoms with Gasteiger partial charge in [0.05, 0.1) is 17.0 Å². The first-order chi connectivity index (χ1) is 10.1. The molecule has 1 aromatic heterocycles. The van der Waals surface area contributed by atoms with E-state index in [1.54, 1.807) is 11.8 Å². The smallest absolute Gasteiger partial charge is 0.0963 e. The first-order valence-corrected chi connectivity index (χ1v) is 8.14. The van der Waals surface area contributed by atoms with Crippen molar-refractivity contribution in [3.63, 3.8) is 0 Å². The third kappa shape index (κ3) is 2.82. The zero-order chi connectivity index (χ0) is 14.9. The van der Waals surface area contributed by atoms with Crippen LogP contribution in [0.15, 0.2) is 53.7 Å². The van der Waals surface area contributed by atoms with E-state index in [1.165, 1.54) is 11.1 Å². The van der Waals surface area contributed by atoms with Gasteiger partial charge in [-0.3, -0.25) is 0 Å². The van der Waals surface area contributed by atoms with Gasteiger partial charge in [-0.15, -0.1) is 11.8 Å². The van der Waals surface area contributed by atoms with Crippen LogP contribution in [0.2, 0.25) is 0 Å². The molecule has 0 saturated heterocycles. The molecular weight excluding hydrogens is 276 g/mol. The van der Waals surface area contributed by atoms with Crippen molar-refractivity contribution in [2.75, 3.05) is 0 Å². The Balaban J connectivity index is 1.64. The summed E-state index contributed by atoms with van der Waals surface area (Å²) < 4.78 is 0. The highest BCUT2D eigenvalue weighted by Gasteiger charge is 2.59. The third-order valence-corrected chi connectivity index (χ3v) is 5.33. The Kier molecular flexibility index (Phi) is 3.73. The van der Waals surface area contributed by atoms with Crippen molar-refractivity contribution >= 4 is 11.8 Å². The van der Waals surface area contributed by atoms with Crippen LogP contribution in [0.3, 0.4) is 0 Å². The van der Waals surface area contributed by atoms with Crippen LogP contribution in [-0.2, 0) is 5.75 Å². The molecule has 21 heavy (non-hydrogen) atoms. The number of benzene rings is 1. The molecule has 0 amide bonds. The minimum absolute atomic E-state index is 0.0924. The van der Waals surface area contributed by atoms with Gasteiger partial charge >= 0.3 is 0 Å². The van der Waals surface area contributed by atoms with Crippen LogP contribution in [0, 0.1) is 22.7 Å². The van der Waals surface area contributed by atoms with Gasteiger partial charge in [-0.2, -0.15) is 5.26 Å². The molecule has 0 radical (unpaired) electrons. The van der Waals surface area contributed by atoms with Crippen LogP contribution in [-0.4, -0.2) is 4.98 Å². The lowest BCUT2D eigenvalue weighted by atomic mass is 10.1. The molecule has 3 rings (SSSR count). The average molecular weight is 294 g/mol. The maximum absolute atomic E-state index is 9.16. The third-order valence-electron chi connectivity index (χ3n) is 4.31. The Morgan fingerprint density at radius 1 is 1.19 bits per heavy atom. The van der Waals surface area contributed by atoms with E-state index in [0.717, 1.165) is 10.8 Å². The maximum atomic E-state index is 9.16. The lowest BCUT2D eigenvalue weighted by Crippen LogP contribution is -1.91. The van der Waals surface area contributed by atoms with Crippen molar-refractivity contribution in [2.24, 2.45) is 11.3 Å². The van der Waals surface area contributed by atoms with Gasteiger partial charge in [0.15, 0.2) is 0 Å². The first kappa shape index (κ1) is 14.2. The zero-order valence-electron chi connectivity index (χ0n) is 12.3. The topological polar surface area (TPSA) is 36.7 Å². The van der Waals surface area contributed by atoms with Gasteiger partial charge < -0.3 is 0 Å². The summed E-state index contributed by atoms with van der Waals surface area (Å²) in [7, 11) is 0. The maximum Gasteiger partial charge on any atom is 0.0963 e. The number of pyridine rings is 1. The number of nitriles is 1. The molecule has 2 aromatic rings. The fourth-order valence-corrected chi connectivity index (χ4v) is 3.69. The van der Waals surface area contributed by atoms with Crippen LogP contribution in [0.25, 0.3) is 0 Å². The van der Waals surface area contributed by atoms with Gasteiger partial charge in [-0.05, 0) is 22.6 Å². The summed E-state index contributed by atoms with van der Waals surface area (Å²) in [4.78, 5) is 4.54. The van der Waals surface area contributed by atoms with Crippen LogP contribution < -0.4 is 0 Å². The van der Waals surface area contributed by atoms with Gasteiger partial charge in [-0.1, -0.05) is 50.2 Å². The van der Waals surface area contributed by atoms with Crippen molar-refractivity contribution in [1.82, 2.24) is 4.98 Å².